The molecule has 27 heavy (non-hydrogen) atoms. The predicted octanol–water partition coefficient (Wildman–Crippen LogP) is 3.46. The summed E-state index contributed by atoms with van der Waals surface area (Å²) in [5.74, 6) is -1.36. The maximum Gasteiger partial charge on any atom is 0.434 e. The predicted molar refractivity (Wildman–Crippen MR) is 89.8 cm³/mol. The number of benzene rings is 1. The van der Waals surface area contributed by atoms with Crippen molar-refractivity contribution in [2.45, 2.75) is 25.9 Å². The Hall–Kier alpha value is -2.84. The third kappa shape index (κ3) is 3.96. The summed E-state index contributed by atoms with van der Waals surface area (Å²) in [6.07, 6.45) is -2.01. The van der Waals surface area contributed by atoms with E-state index in [1.165, 1.54) is 24.3 Å². The molecule has 0 aliphatic heterocycles. The summed E-state index contributed by atoms with van der Waals surface area (Å²) in [4.78, 5) is 25.3. The molecule has 0 bridgehead atoms. The molecule has 1 N–H and O–H groups in total. The lowest BCUT2D eigenvalue weighted by Gasteiger charge is -2.21. The highest BCUT2D eigenvalue weighted by molar-refractivity contribution is 5.94. The van der Waals surface area contributed by atoms with E-state index in [1.54, 1.807) is 4.90 Å². The molecule has 0 radical (unpaired) electrons. The normalized spacial score (nSPS) is 14.2. The van der Waals surface area contributed by atoms with Gasteiger partial charge in [0, 0.05) is 18.7 Å². The van der Waals surface area contributed by atoms with Crippen LogP contribution in [0, 0.1) is 5.92 Å². The highest BCUT2D eigenvalue weighted by Gasteiger charge is 2.40. The first kappa shape index (κ1) is 18.9. The lowest BCUT2D eigenvalue weighted by molar-refractivity contribution is -0.143. The van der Waals surface area contributed by atoms with Crippen LogP contribution in [0.2, 0.25) is 0 Å². The van der Waals surface area contributed by atoms with E-state index in [0.717, 1.165) is 12.8 Å². The van der Waals surface area contributed by atoms with Crippen LogP contribution < -0.4 is 0 Å². The number of carbonyl (C=O) groups is 2. The number of carboxylic acids is 1. The summed E-state index contributed by atoms with van der Waals surface area (Å²) in [6, 6.07) is 5.50. The first-order valence-electron chi connectivity index (χ1n) is 8.50. The minimum Gasteiger partial charge on any atom is -0.478 e. The van der Waals surface area contributed by atoms with Crippen LogP contribution in [0.4, 0.5) is 13.2 Å². The molecule has 3 rings (SSSR count). The molecule has 1 heterocycles. The van der Waals surface area contributed by atoms with Crippen molar-refractivity contribution >= 4 is 11.9 Å². The smallest absolute Gasteiger partial charge is 0.434 e. The summed E-state index contributed by atoms with van der Waals surface area (Å²) in [7, 11) is 0. The Labute approximate surface area is 153 Å². The third-order valence-electron chi connectivity index (χ3n) is 4.47. The van der Waals surface area contributed by atoms with Crippen molar-refractivity contribution in [3.63, 3.8) is 0 Å². The molecule has 2 aromatic rings. The second-order valence-electron chi connectivity index (χ2n) is 6.46. The molecule has 0 spiro atoms. The SMILES string of the molecule is CCN(CC1CC1)C(=O)c1ccc(-n2ncc(C(=O)O)c2C(F)(F)F)cc1. The highest BCUT2D eigenvalue weighted by Crippen LogP contribution is 2.34. The molecule has 1 aromatic carbocycles. The van der Waals surface area contributed by atoms with Crippen LogP contribution >= 0.6 is 0 Å². The quantitative estimate of drug-likeness (QED) is 0.832. The Morgan fingerprint density at radius 1 is 1.26 bits per heavy atom. The molecule has 1 aliphatic carbocycles. The van der Waals surface area contributed by atoms with Crippen LogP contribution in [-0.2, 0) is 6.18 Å². The Kier molecular flexibility index (Phi) is 4.95. The molecule has 1 saturated carbocycles. The molecular formula is C18H18F3N3O3. The average Bonchev–Trinajstić information content (AvgIpc) is 3.31. The molecule has 0 unspecified atom stereocenters. The van der Waals surface area contributed by atoms with Crippen LogP contribution in [0.5, 0.6) is 0 Å². The van der Waals surface area contributed by atoms with E-state index >= 15 is 0 Å². The minimum atomic E-state index is -4.89. The summed E-state index contributed by atoms with van der Waals surface area (Å²) in [5, 5.41) is 12.5. The topological polar surface area (TPSA) is 75.4 Å². The van der Waals surface area contributed by atoms with Gasteiger partial charge in [-0.15, -0.1) is 0 Å². The van der Waals surface area contributed by atoms with Gasteiger partial charge in [0.2, 0.25) is 0 Å². The van der Waals surface area contributed by atoms with Crippen LogP contribution in [0.1, 0.15) is 46.2 Å². The fraction of sp³-hybridized carbons (Fsp3) is 0.389. The molecule has 0 atom stereocenters. The Balaban J connectivity index is 1.89. The molecule has 0 saturated heterocycles. The molecule has 9 heteroatoms. The van der Waals surface area contributed by atoms with Gasteiger partial charge in [0.15, 0.2) is 5.69 Å². The van der Waals surface area contributed by atoms with E-state index in [0.29, 0.717) is 35.4 Å². The number of aromatic nitrogens is 2. The summed E-state index contributed by atoms with van der Waals surface area (Å²) in [5.41, 5.74) is -1.90. The van der Waals surface area contributed by atoms with Crippen molar-refractivity contribution in [1.29, 1.82) is 0 Å². The molecule has 6 nitrogen and oxygen atoms in total. The third-order valence-corrected chi connectivity index (χ3v) is 4.47. The molecule has 1 amide bonds. The van der Waals surface area contributed by atoms with E-state index < -0.39 is 23.4 Å². The number of hydrogen-bond acceptors (Lipinski definition) is 3. The monoisotopic (exact) mass is 381 g/mol. The molecule has 1 aromatic heterocycles. The minimum absolute atomic E-state index is 0.0246. The van der Waals surface area contributed by atoms with Crippen molar-refractivity contribution in [2.24, 2.45) is 5.92 Å². The van der Waals surface area contributed by atoms with Crippen LogP contribution in [0.25, 0.3) is 5.69 Å². The van der Waals surface area contributed by atoms with Crippen molar-refractivity contribution in [3.8, 4) is 5.69 Å². The van der Waals surface area contributed by atoms with Gasteiger partial charge in [0.25, 0.3) is 5.91 Å². The van der Waals surface area contributed by atoms with E-state index in [4.69, 9.17) is 5.11 Å². The van der Waals surface area contributed by atoms with Gasteiger partial charge in [-0.25, -0.2) is 9.48 Å². The maximum atomic E-state index is 13.3. The van der Waals surface area contributed by atoms with Crippen LogP contribution in [0.3, 0.4) is 0 Å². The summed E-state index contributed by atoms with van der Waals surface area (Å²) in [6.45, 7) is 3.11. The van der Waals surface area contributed by atoms with Crippen molar-refractivity contribution in [3.05, 3.63) is 47.3 Å². The molecule has 1 aliphatic rings. The van der Waals surface area contributed by atoms with Crippen molar-refractivity contribution in [1.82, 2.24) is 14.7 Å². The van der Waals surface area contributed by atoms with Gasteiger partial charge in [-0.3, -0.25) is 4.79 Å². The number of carbonyl (C=O) groups excluding carboxylic acids is 1. The van der Waals surface area contributed by atoms with Crippen molar-refractivity contribution in [2.75, 3.05) is 13.1 Å². The number of hydrogen-bond donors (Lipinski definition) is 1. The van der Waals surface area contributed by atoms with Crippen LogP contribution in [-0.4, -0.2) is 44.8 Å². The maximum absolute atomic E-state index is 13.3. The highest BCUT2D eigenvalue weighted by atomic mass is 19.4. The number of carboxylic acid groups (broad SMARTS) is 1. The van der Waals surface area contributed by atoms with E-state index in [9.17, 15) is 22.8 Å². The molecule has 1 fully saturated rings. The van der Waals surface area contributed by atoms with Gasteiger partial charge < -0.3 is 10.0 Å². The van der Waals surface area contributed by atoms with Gasteiger partial charge >= 0.3 is 12.1 Å². The zero-order valence-electron chi connectivity index (χ0n) is 14.5. The number of halogens is 3. The molecular weight excluding hydrogens is 363 g/mol. The second-order valence-corrected chi connectivity index (χ2v) is 6.46. The van der Waals surface area contributed by atoms with Crippen LogP contribution in [0.15, 0.2) is 30.5 Å². The number of nitrogens with zero attached hydrogens (tertiary/aromatic N) is 3. The number of rotatable bonds is 6. The fourth-order valence-corrected chi connectivity index (χ4v) is 2.87. The van der Waals surface area contributed by atoms with Gasteiger partial charge in [-0.05, 0) is 49.9 Å². The number of amides is 1. The first-order chi connectivity index (χ1) is 12.7. The Bertz CT molecular complexity index is 855. The lowest BCUT2D eigenvalue weighted by atomic mass is 10.1. The Morgan fingerprint density at radius 3 is 2.37 bits per heavy atom. The second kappa shape index (κ2) is 7.05. The van der Waals surface area contributed by atoms with Gasteiger partial charge in [-0.2, -0.15) is 18.3 Å². The average molecular weight is 381 g/mol. The zero-order valence-corrected chi connectivity index (χ0v) is 14.5. The summed E-state index contributed by atoms with van der Waals surface area (Å²) < 4.78 is 40.4. The fourth-order valence-electron chi connectivity index (χ4n) is 2.87. The van der Waals surface area contributed by atoms with Gasteiger partial charge in [-0.1, -0.05) is 0 Å². The van der Waals surface area contributed by atoms with Gasteiger partial charge in [0.1, 0.15) is 5.56 Å². The van der Waals surface area contributed by atoms with E-state index in [1.807, 2.05) is 6.92 Å². The Morgan fingerprint density at radius 2 is 1.89 bits per heavy atom. The zero-order chi connectivity index (χ0) is 19.8. The largest absolute Gasteiger partial charge is 0.478 e. The lowest BCUT2D eigenvalue weighted by Crippen LogP contribution is -2.32. The van der Waals surface area contributed by atoms with E-state index in [2.05, 4.69) is 5.10 Å². The standard InChI is InChI=1S/C18H18F3N3O3/c1-2-23(10-11-3-4-11)16(25)12-5-7-13(8-6-12)24-15(18(19,20)21)14(9-22-24)17(26)27/h5-9,11H,2-4,10H2,1H3,(H,26,27). The van der Waals surface area contributed by atoms with Crippen molar-refractivity contribution < 1.29 is 27.9 Å². The first-order valence-corrected chi connectivity index (χ1v) is 8.50. The van der Waals surface area contributed by atoms with E-state index in [-0.39, 0.29) is 11.6 Å². The number of aromatic carboxylic acids is 1. The summed E-state index contributed by atoms with van der Waals surface area (Å²) >= 11 is 0. The number of alkyl halides is 3. The van der Waals surface area contributed by atoms with Gasteiger partial charge in [0.05, 0.1) is 11.9 Å². The molecule has 144 valence electrons.